The van der Waals surface area contributed by atoms with Gasteiger partial charge in [-0.1, -0.05) is 6.92 Å². The maximum Gasteiger partial charge on any atom is 0.0768 e. The van der Waals surface area contributed by atoms with Gasteiger partial charge in [0.05, 0.1) is 18.3 Å². The van der Waals surface area contributed by atoms with Crippen molar-refractivity contribution in [1.82, 2.24) is 0 Å². The molecule has 0 aliphatic rings. The molecule has 0 radical (unpaired) electrons. The quantitative estimate of drug-likeness (QED) is 0.252. The minimum Gasteiger partial charge on any atom is -0.396 e. The van der Waals surface area contributed by atoms with Gasteiger partial charge in [-0.2, -0.15) is 0 Å². The topological polar surface area (TPSA) is 162 Å². The average Bonchev–Trinajstić information content (AvgIpc) is 2.53. The van der Waals surface area contributed by atoms with Crippen molar-refractivity contribution in [2.75, 3.05) is 33.0 Å². The van der Waals surface area contributed by atoms with E-state index in [0.717, 1.165) is 12.8 Å². The van der Waals surface area contributed by atoms with Gasteiger partial charge in [0.25, 0.3) is 0 Å². The molecule has 0 spiro atoms. The molecular formula is C16H40O8. The molecule has 3 atom stereocenters. The minimum absolute atomic E-state index is 0.0463. The molecule has 3 unspecified atom stereocenters. The summed E-state index contributed by atoms with van der Waals surface area (Å²) >= 11 is 0. The van der Waals surface area contributed by atoms with E-state index in [4.69, 9.17) is 40.9 Å². The van der Waals surface area contributed by atoms with Crippen molar-refractivity contribution in [2.45, 2.75) is 65.3 Å². The third kappa shape index (κ3) is 49.5. The van der Waals surface area contributed by atoms with Crippen LogP contribution < -0.4 is 0 Å². The Bertz CT molecular complexity index is 175. The Balaban J connectivity index is -0.000000111. The number of aliphatic hydroxyl groups is 8. The molecule has 0 amide bonds. The highest BCUT2D eigenvalue weighted by Gasteiger charge is 1.99. The summed E-state index contributed by atoms with van der Waals surface area (Å²) in [4.78, 5) is 0. The monoisotopic (exact) mass is 360 g/mol. The van der Waals surface area contributed by atoms with E-state index in [1.165, 1.54) is 0 Å². The highest BCUT2D eigenvalue weighted by atomic mass is 16.3. The van der Waals surface area contributed by atoms with Crippen LogP contribution in [0, 0.1) is 5.92 Å². The van der Waals surface area contributed by atoms with Crippen molar-refractivity contribution in [3.8, 4) is 0 Å². The van der Waals surface area contributed by atoms with E-state index in [1.807, 2.05) is 0 Å². The molecule has 8 heteroatoms. The second-order valence-corrected chi connectivity index (χ2v) is 5.47. The normalized spacial score (nSPS) is 13.4. The van der Waals surface area contributed by atoms with Crippen LogP contribution in [0.3, 0.4) is 0 Å². The fourth-order valence-corrected chi connectivity index (χ4v) is 0.468. The molecule has 0 fully saturated rings. The van der Waals surface area contributed by atoms with Crippen molar-refractivity contribution < 1.29 is 40.9 Å². The number of unbranched alkanes of at least 4 members (excludes halogenated alkanes) is 1. The Morgan fingerprint density at radius 3 is 0.958 bits per heavy atom. The first kappa shape index (κ1) is 31.4. The van der Waals surface area contributed by atoms with Crippen LogP contribution in [0.1, 0.15) is 47.0 Å². The second kappa shape index (κ2) is 27.5. The summed E-state index contributed by atoms with van der Waals surface area (Å²) in [6, 6.07) is 0. The van der Waals surface area contributed by atoms with Gasteiger partial charge in [-0.25, -0.2) is 0 Å². The average molecular weight is 360 g/mol. The molecule has 0 aromatic carbocycles. The molecular weight excluding hydrogens is 320 g/mol. The van der Waals surface area contributed by atoms with Crippen molar-refractivity contribution >= 4 is 0 Å². The van der Waals surface area contributed by atoms with Crippen LogP contribution in [0.2, 0.25) is 0 Å². The van der Waals surface area contributed by atoms with Crippen molar-refractivity contribution in [2.24, 2.45) is 5.92 Å². The SMILES string of the molecule is CC(CO)CO.CC(O)C(C)O.CC(O)CCO.OCCCCO. The van der Waals surface area contributed by atoms with Crippen molar-refractivity contribution in [3.05, 3.63) is 0 Å². The summed E-state index contributed by atoms with van der Waals surface area (Å²) in [5.74, 6) is 0.0463. The largest absolute Gasteiger partial charge is 0.396 e. The molecule has 0 heterocycles. The summed E-state index contributed by atoms with van der Waals surface area (Å²) in [7, 11) is 0. The molecule has 8 N–H and O–H groups in total. The number of hydrogen-bond donors (Lipinski definition) is 8. The summed E-state index contributed by atoms with van der Waals surface area (Å²) in [5.41, 5.74) is 0. The van der Waals surface area contributed by atoms with Crippen molar-refractivity contribution in [1.29, 1.82) is 0 Å². The molecule has 0 aliphatic carbocycles. The zero-order valence-electron chi connectivity index (χ0n) is 15.5. The van der Waals surface area contributed by atoms with Gasteiger partial charge in [0.1, 0.15) is 0 Å². The lowest BCUT2D eigenvalue weighted by Crippen LogP contribution is -2.17. The van der Waals surface area contributed by atoms with Gasteiger partial charge in [-0.15, -0.1) is 0 Å². The van der Waals surface area contributed by atoms with Crippen LogP contribution >= 0.6 is 0 Å². The van der Waals surface area contributed by atoms with Crippen LogP contribution in [-0.2, 0) is 0 Å². The standard InChI is InChI=1S/4C4H10O2/c1-4(2-5)3-6;1-4(6)2-3-5;1-3(5)4(2)6;5-3-1-2-4-6/h2*4-6H,2-3H2,1H3;3-6H,1-2H3;5-6H,1-4H2. The summed E-state index contributed by atoms with van der Waals surface area (Å²) in [6.07, 6.45) is 0.387. The van der Waals surface area contributed by atoms with Gasteiger partial charge in [-0.05, 0) is 40.0 Å². The minimum atomic E-state index is -0.593. The number of hydrogen-bond acceptors (Lipinski definition) is 8. The molecule has 0 rings (SSSR count). The number of rotatable bonds is 8. The maximum absolute atomic E-state index is 8.39. The summed E-state index contributed by atoms with van der Waals surface area (Å²) < 4.78 is 0. The van der Waals surface area contributed by atoms with Crippen LogP contribution in [0.5, 0.6) is 0 Å². The molecule has 24 heavy (non-hydrogen) atoms. The van der Waals surface area contributed by atoms with Gasteiger partial charge < -0.3 is 40.9 Å². The Morgan fingerprint density at radius 2 is 0.917 bits per heavy atom. The van der Waals surface area contributed by atoms with E-state index in [1.54, 1.807) is 27.7 Å². The molecule has 0 aliphatic heterocycles. The Morgan fingerprint density at radius 1 is 0.583 bits per heavy atom. The molecule has 8 nitrogen and oxygen atoms in total. The van der Waals surface area contributed by atoms with Crippen LogP contribution in [0.25, 0.3) is 0 Å². The first-order valence-electron chi connectivity index (χ1n) is 8.22. The lowest BCUT2D eigenvalue weighted by Gasteiger charge is -2.03. The Hall–Kier alpha value is -0.320. The van der Waals surface area contributed by atoms with E-state index < -0.39 is 12.2 Å². The van der Waals surface area contributed by atoms with E-state index in [2.05, 4.69) is 0 Å². The maximum atomic E-state index is 8.39. The Kier molecular flexibility index (Phi) is 36.1. The van der Waals surface area contributed by atoms with E-state index in [-0.39, 0.29) is 45.1 Å². The summed E-state index contributed by atoms with van der Waals surface area (Å²) in [6.45, 7) is 7.15. The smallest absolute Gasteiger partial charge is 0.0768 e. The fraction of sp³-hybridized carbons (Fsp3) is 1.00. The van der Waals surface area contributed by atoms with Gasteiger partial charge >= 0.3 is 0 Å². The zero-order chi connectivity index (χ0) is 20.0. The van der Waals surface area contributed by atoms with E-state index in [9.17, 15) is 0 Å². The van der Waals surface area contributed by atoms with Gasteiger partial charge in [0.2, 0.25) is 0 Å². The molecule has 0 aromatic heterocycles. The van der Waals surface area contributed by atoms with E-state index >= 15 is 0 Å². The fourth-order valence-electron chi connectivity index (χ4n) is 0.468. The third-order valence-electron chi connectivity index (χ3n) is 2.43. The van der Waals surface area contributed by atoms with Gasteiger partial charge in [0.15, 0.2) is 0 Å². The first-order chi connectivity index (χ1) is 11.1. The zero-order valence-corrected chi connectivity index (χ0v) is 15.5. The van der Waals surface area contributed by atoms with Crippen LogP contribution in [0.4, 0.5) is 0 Å². The Labute approximate surface area is 146 Å². The van der Waals surface area contributed by atoms with Crippen molar-refractivity contribution in [3.63, 3.8) is 0 Å². The number of aliphatic hydroxyl groups excluding tert-OH is 8. The molecule has 0 saturated carbocycles. The van der Waals surface area contributed by atoms with Crippen LogP contribution in [-0.4, -0.2) is 92.2 Å². The second-order valence-electron chi connectivity index (χ2n) is 5.47. The predicted molar refractivity (Wildman–Crippen MR) is 93.5 cm³/mol. The lowest BCUT2D eigenvalue weighted by molar-refractivity contribution is 0.0438. The van der Waals surface area contributed by atoms with Gasteiger partial charge in [0, 0.05) is 39.0 Å². The van der Waals surface area contributed by atoms with Gasteiger partial charge in [-0.3, -0.25) is 0 Å². The third-order valence-corrected chi connectivity index (χ3v) is 2.43. The molecule has 152 valence electrons. The molecule has 0 saturated heterocycles. The first-order valence-corrected chi connectivity index (χ1v) is 8.22. The van der Waals surface area contributed by atoms with Crippen LogP contribution in [0.15, 0.2) is 0 Å². The predicted octanol–water partition coefficient (Wildman–Crippen LogP) is -1.14. The highest BCUT2D eigenvalue weighted by Crippen LogP contribution is 1.86. The lowest BCUT2D eigenvalue weighted by atomic mass is 10.2. The molecule has 0 aromatic rings. The summed E-state index contributed by atoms with van der Waals surface area (Å²) in [5, 5.41) is 65.8. The highest BCUT2D eigenvalue weighted by molar-refractivity contribution is 4.51. The van der Waals surface area contributed by atoms with E-state index in [0.29, 0.717) is 6.42 Å². The molecule has 0 bridgehead atoms.